The van der Waals surface area contributed by atoms with Crippen LogP contribution in [0.3, 0.4) is 0 Å². The fraction of sp³-hybridized carbons (Fsp3) is 0.409. The van der Waals surface area contributed by atoms with E-state index < -0.39 is 13.1 Å². The molecule has 0 aliphatic carbocycles. The second-order valence-electron chi connectivity index (χ2n) is 6.80. The van der Waals surface area contributed by atoms with Gasteiger partial charge in [-0.2, -0.15) is 0 Å². The third-order valence-electron chi connectivity index (χ3n) is 5.06. The molecule has 3 atom stereocenters. The summed E-state index contributed by atoms with van der Waals surface area (Å²) >= 11 is 0. The molecule has 0 bridgehead atoms. The highest BCUT2D eigenvalue weighted by Gasteiger charge is 2.30. The number of Topliss-reactive ketones (excluding diaryl/α,β-unsaturated/α-hetero) is 1. The highest BCUT2D eigenvalue weighted by atomic mass is 16.3. The van der Waals surface area contributed by atoms with Gasteiger partial charge in [0.05, 0.1) is 6.10 Å². The first kappa shape index (κ1) is 14.2. The summed E-state index contributed by atoms with van der Waals surface area (Å²) in [6, 6.07) is 17.7. The Labute approximate surface area is 154 Å². The molecule has 1 aliphatic rings. The quantitative estimate of drug-likeness (QED) is 0.800. The molecule has 25 heavy (non-hydrogen) atoms. The number of hydrogen-bond acceptors (Lipinski definition) is 3. The van der Waals surface area contributed by atoms with Crippen molar-refractivity contribution in [1.29, 1.82) is 0 Å². The Morgan fingerprint density at radius 3 is 2.44 bits per heavy atom. The first-order chi connectivity index (χ1) is 13.4. The number of piperidine rings is 1. The van der Waals surface area contributed by atoms with Crippen LogP contribution >= 0.6 is 0 Å². The van der Waals surface area contributed by atoms with Crippen molar-refractivity contribution in [2.24, 2.45) is 0 Å². The molecule has 1 N–H and O–H groups in total. The van der Waals surface area contributed by atoms with E-state index in [9.17, 15) is 9.90 Å². The molecule has 1 heterocycles. The van der Waals surface area contributed by atoms with E-state index >= 15 is 0 Å². The Morgan fingerprint density at radius 2 is 1.76 bits per heavy atom. The molecule has 2 aromatic rings. The van der Waals surface area contributed by atoms with Crippen LogP contribution in [0.1, 0.15) is 58.2 Å². The van der Waals surface area contributed by atoms with E-state index in [2.05, 4.69) is 0 Å². The molecule has 0 unspecified atom stereocenters. The average molecular weight is 340 g/mol. The number of benzene rings is 2. The monoisotopic (exact) mass is 340 g/mol. The first-order valence-corrected chi connectivity index (χ1v) is 8.96. The Bertz CT molecular complexity index is 764. The molecule has 1 aliphatic heterocycles. The van der Waals surface area contributed by atoms with E-state index in [1.165, 1.54) is 4.90 Å². The van der Waals surface area contributed by atoms with Crippen molar-refractivity contribution >= 4 is 5.78 Å². The summed E-state index contributed by atoms with van der Waals surface area (Å²) in [7, 11) is 0. The van der Waals surface area contributed by atoms with E-state index in [4.69, 9.17) is 4.11 Å². The van der Waals surface area contributed by atoms with Gasteiger partial charge in [0.25, 0.3) is 0 Å². The molecule has 3 nitrogen and oxygen atoms in total. The summed E-state index contributed by atoms with van der Waals surface area (Å²) in [5.41, 5.74) is 1.40. The van der Waals surface area contributed by atoms with Crippen molar-refractivity contribution in [2.45, 2.75) is 50.3 Å². The van der Waals surface area contributed by atoms with E-state index in [0.29, 0.717) is 24.8 Å². The van der Waals surface area contributed by atoms with Gasteiger partial charge >= 0.3 is 0 Å². The highest BCUT2D eigenvalue weighted by Crippen LogP contribution is 2.30. The number of hydrogen-bond donors (Lipinski definition) is 1. The third kappa shape index (κ3) is 4.56. The number of nitrogens with zero attached hydrogens (tertiary/aromatic N) is 1. The molecule has 2 aromatic carbocycles. The Balaban J connectivity index is 1.76. The maximum Gasteiger partial charge on any atom is 0.164 e. The van der Waals surface area contributed by atoms with Crippen LogP contribution in [0, 0.1) is 0 Å². The molecule has 1 saturated heterocycles. The average Bonchev–Trinajstić information content (AvgIpc) is 2.68. The predicted octanol–water partition coefficient (Wildman–Crippen LogP) is 4.24. The van der Waals surface area contributed by atoms with Gasteiger partial charge in [0.1, 0.15) is 0 Å². The lowest BCUT2D eigenvalue weighted by Crippen LogP contribution is -2.45. The van der Waals surface area contributed by atoms with Crippen LogP contribution in [0.5, 0.6) is 0 Å². The van der Waals surface area contributed by atoms with Gasteiger partial charge in [-0.3, -0.25) is 9.69 Å². The lowest BCUT2D eigenvalue weighted by atomic mass is 9.88. The fourth-order valence-electron chi connectivity index (χ4n) is 3.62. The van der Waals surface area contributed by atoms with Gasteiger partial charge < -0.3 is 5.11 Å². The molecule has 0 saturated carbocycles. The van der Waals surface area contributed by atoms with Crippen LogP contribution in [0.4, 0.5) is 0 Å². The Kier molecular flexibility index (Phi) is 4.79. The fourth-order valence-corrected chi connectivity index (χ4v) is 3.62. The third-order valence-corrected chi connectivity index (χ3v) is 5.06. The number of rotatable bonds is 6. The molecule has 132 valence electrons. The molecule has 3 heteroatoms. The SMILES string of the molecule is [2H]C([2H])([2H])N1[C@@H](CC(=O)c2ccccc2)CCC[C@H]1C[C@@H](O)c1ccccc1. The summed E-state index contributed by atoms with van der Waals surface area (Å²) < 4.78 is 24.2. The van der Waals surface area contributed by atoms with Crippen molar-refractivity contribution in [3.8, 4) is 0 Å². The Hall–Kier alpha value is -1.97. The largest absolute Gasteiger partial charge is 0.388 e. The van der Waals surface area contributed by atoms with Gasteiger partial charge in [-0.1, -0.05) is 67.1 Å². The van der Waals surface area contributed by atoms with Crippen LogP contribution in [0.25, 0.3) is 0 Å². The normalized spacial score (nSPS) is 24.8. The van der Waals surface area contributed by atoms with Crippen molar-refractivity contribution in [3.05, 3.63) is 71.8 Å². The number of likely N-dealkylation sites (tertiary alicyclic amines) is 1. The summed E-state index contributed by atoms with van der Waals surface area (Å²) in [4.78, 5) is 14.2. The maximum atomic E-state index is 12.7. The van der Waals surface area contributed by atoms with E-state index in [1.54, 1.807) is 12.1 Å². The second kappa shape index (κ2) is 8.41. The lowest BCUT2D eigenvalue weighted by Gasteiger charge is -2.40. The summed E-state index contributed by atoms with van der Waals surface area (Å²) in [6.07, 6.45) is 2.04. The van der Waals surface area contributed by atoms with E-state index in [0.717, 1.165) is 12.0 Å². The predicted molar refractivity (Wildman–Crippen MR) is 101 cm³/mol. The van der Waals surface area contributed by atoms with Crippen molar-refractivity contribution in [3.63, 3.8) is 0 Å². The summed E-state index contributed by atoms with van der Waals surface area (Å²) in [5.74, 6) is -0.0379. The van der Waals surface area contributed by atoms with E-state index in [1.807, 2.05) is 48.5 Å². The number of aliphatic hydroxyl groups is 1. The number of ketones is 1. The molecule has 0 amide bonds. The minimum absolute atomic E-state index is 0.0379. The van der Waals surface area contributed by atoms with Gasteiger partial charge in [0.2, 0.25) is 0 Å². The zero-order chi connectivity index (χ0) is 20.1. The molecule has 0 aromatic heterocycles. The number of carbonyl (C=O) groups excluding carboxylic acids is 1. The van der Waals surface area contributed by atoms with Crippen molar-refractivity contribution in [1.82, 2.24) is 4.90 Å². The molecule has 0 spiro atoms. The highest BCUT2D eigenvalue weighted by molar-refractivity contribution is 5.96. The zero-order valence-corrected chi connectivity index (χ0v) is 14.3. The molecule has 1 fully saturated rings. The minimum atomic E-state index is -2.30. The maximum absolute atomic E-state index is 12.7. The number of aliphatic hydroxyl groups excluding tert-OH is 1. The molecule has 0 radical (unpaired) electrons. The topological polar surface area (TPSA) is 40.5 Å². The van der Waals surface area contributed by atoms with Gasteiger partial charge in [-0.25, -0.2) is 0 Å². The zero-order valence-electron chi connectivity index (χ0n) is 17.3. The van der Waals surface area contributed by atoms with Crippen LogP contribution in [-0.4, -0.2) is 34.8 Å². The van der Waals surface area contributed by atoms with Crippen LogP contribution in [-0.2, 0) is 0 Å². The smallest absolute Gasteiger partial charge is 0.164 e. The van der Waals surface area contributed by atoms with Gasteiger partial charge in [0.15, 0.2) is 5.78 Å². The van der Waals surface area contributed by atoms with Crippen LogP contribution in [0.15, 0.2) is 60.7 Å². The van der Waals surface area contributed by atoms with Gasteiger partial charge in [0, 0.05) is 28.2 Å². The van der Waals surface area contributed by atoms with Gasteiger partial charge in [-0.05, 0) is 31.8 Å². The van der Waals surface area contributed by atoms with Crippen molar-refractivity contribution < 1.29 is 14.0 Å². The minimum Gasteiger partial charge on any atom is -0.388 e. The standard InChI is InChI=1S/C22H27NO2/c1-23-19(15-21(24)17-9-4-2-5-10-17)13-8-14-20(23)16-22(25)18-11-6-3-7-12-18/h2-7,9-12,19-21,24H,8,13-16H2,1H3/t19-,20+,21+/m0/s1/i1D3. The first-order valence-electron chi connectivity index (χ1n) is 10.5. The van der Waals surface area contributed by atoms with Gasteiger partial charge in [-0.15, -0.1) is 0 Å². The number of carbonyl (C=O) groups is 1. The lowest BCUT2D eigenvalue weighted by molar-refractivity contribution is 0.0549. The van der Waals surface area contributed by atoms with Crippen molar-refractivity contribution in [2.75, 3.05) is 6.98 Å². The summed E-state index contributed by atoms with van der Waals surface area (Å²) in [5, 5.41) is 10.6. The molecular formula is C22H27NO2. The van der Waals surface area contributed by atoms with Crippen LogP contribution in [0.2, 0.25) is 0 Å². The Morgan fingerprint density at radius 1 is 1.12 bits per heavy atom. The second-order valence-corrected chi connectivity index (χ2v) is 6.80. The van der Waals surface area contributed by atoms with Crippen LogP contribution < -0.4 is 0 Å². The molecule has 3 rings (SSSR count). The van der Waals surface area contributed by atoms with E-state index in [-0.39, 0.29) is 24.3 Å². The summed E-state index contributed by atoms with van der Waals surface area (Å²) in [6.45, 7) is -2.30. The molecular weight excluding hydrogens is 310 g/mol.